The molecule has 8 heteroatoms. The Labute approximate surface area is 177 Å². The smallest absolute Gasteiger partial charge is 0.338 e. The van der Waals surface area contributed by atoms with Crippen molar-refractivity contribution in [2.75, 3.05) is 52.4 Å². The van der Waals surface area contributed by atoms with E-state index in [0.717, 1.165) is 32.7 Å². The minimum absolute atomic E-state index is 0.237. The number of halogens is 1. The number of carbonyl (C=O) groups excluding carboxylic acids is 2. The van der Waals surface area contributed by atoms with Crippen molar-refractivity contribution >= 4 is 12.0 Å². The summed E-state index contributed by atoms with van der Waals surface area (Å²) in [6.45, 7) is 11.6. The standard InChI is InChI=1S/C22H31FN4O3/c1-4-25-11-13-26(14-12-25)15-18-19(21(28)30-6-3)20(24-22(29)27(18)5-2)16-7-9-17(23)10-8-16/h7-10,20H,4-6,11-15H2,1-3H3,(H,24,29)/t20-/m0/s1. The molecule has 1 atom stereocenters. The molecule has 1 saturated heterocycles. The summed E-state index contributed by atoms with van der Waals surface area (Å²) in [6, 6.07) is 4.92. The molecule has 7 nitrogen and oxygen atoms in total. The molecule has 2 heterocycles. The average Bonchev–Trinajstić information content (AvgIpc) is 2.75. The van der Waals surface area contributed by atoms with E-state index in [-0.39, 0.29) is 18.5 Å². The van der Waals surface area contributed by atoms with Crippen molar-refractivity contribution in [3.05, 3.63) is 46.9 Å². The van der Waals surface area contributed by atoms with Gasteiger partial charge in [0.2, 0.25) is 0 Å². The lowest BCUT2D eigenvalue weighted by atomic mass is 9.94. The van der Waals surface area contributed by atoms with Crippen molar-refractivity contribution in [2.45, 2.75) is 26.8 Å². The molecule has 1 aromatic rings. The van der Waals surface area contributed by atoms with Crippen LogP contribution in [-0.4, -0.2) is 79.1 Å². The number of piperazine rings is 1. The summed E-state index contributed by atoms with van der Waals surface area (Å²) in [5.41, 5.74) is 1.73. The first-order chi connectivity index (χ1) is 14.5. The van der Waals surface area contributed by atoms with E-state index in [1.165, 1.54) is 12.1 Å². The van der Waals surface area contributed by atoms with Crippen molar-refractivity contribution in [2.24, 2.45) is 0 Å². The van der Waals surface area contributed by atoms with Crippen molar-refractivity contribution in [1.82, 2.24) is 20.0 Å². The highest BCUT2D eigenvalue weighted by atomic mass is 19.1. The number of benzene rings is 1. The maximum Gasteiger partial charge on any atom is 0.338 e. The van der Waals surface area contributed by atoms with Gasteiger partial charge in [0.25, 0.3) is 0 Å². The summed E-state index contributed by atoms with van der Waals surface area (Å²) in [4.78, 5) is 32.1. The van der Waals surface area contributed by atoms with Gasteiger partial charge in [-0.25, -0.2) is 14.0 Å². The van der Waals surface area contributed by atoms with Gasteiger partial charge in [0.15, 0.2) is 0 Å². The van der Waals surface area contributed by atoms with Gasteiger partial charge in [-0.3, -0.25) is 9.80 Å². The number of nitrogens with zero attached hydrogens (tertiary/aromatic N) is 3. The second-order valence-electron chi connectivity index (χ2n) is 7.47. The number of ether oxygens (including phenoxy) is 1. The maximum atomic E-state index is 13.5. The second kappa shape index (κ2) is 10.0. The van der Waals surface area contributed by atoms with E-state index >= 15 is 0 Å². The normalized spacial score (nSPS) is 21.0. The topological polar surface area (TPSA) is 65.1 Å². The Morgan fingerprint density at radius 2 is 1.70 bits per heavy atom. The van der Waals surface area contributed by atoms with Crippen LogP contribution in [0.15, 0.2) is 35.5 Å². The fourth-order valence-electron chi connectivity index (χ4n) is 4.04. The zero-order valence-electron chi connectivity index (χ0n) is 18.0. The Morgan fingerprint density at radius 1 is 1.07 bits per heavy atom. The van der Waals surface area contributed by atoms with Crippen molar-refractivity contribution in [3.8, 4) is 0 Å². The molecular weight excluding hydrogens is 387 g/mol. The molecule has 1 aromatic carbocycles. The van der Waals surface area contributed by atoms with Crippen molar-refractivity contribution in [3.63, 3.8) is 0 Å². The highest BCUT2D eigenvalue weighted by molar-refractivity contribution is 5.95. The van der Waals surface area contributed by atoms with Crippen LogP contribution < -0.4 is 5.32 Å². The summed E-state index contributed by atoms with van der Waals surface area (Å²) in [5, 5.41) is 2.91. The first-order valence-corrected chi connectivity index (χ1v) is 10.7. The number of hydrogen-bond acceptors (Lipinski definition) is 5. The van der Waals surface area contributed by atoms with Gasteiger partial charge in [0, 0.05) is 45.0 Å². The molecule has 0 aromatic heterocycles. The molecular formula is C22H31FN4O3. The Hall–Kier alpha value is -2.45. The molecule has 0 aliphatic carbocycles. The van der Waals surface area contributed by atoms with E-state index < -0.39 is 12.0 Å². The molecule has 3 rings (SSSR count). The van der Waals surface area contributed by atoms with E-state index in [1.807, 2.05) is 6.92 Å². The summed E-state index contributed by atoms with van der Waals surface area (Å²) in [6.07, 6.45) is 0. The minimum atomic E-state index is -0.674. The van der Waals surface area contributed by atoms with Crippen LogP contribution in [0.2, 0.25) is 0 Å². The molecule has 164 valence electrons. The number of amides is 2. The van der Waals surface area contributed by atoms with Crippen molar-refractivity contribution < 1.29 is 18.7 Å². The lowest BCUT2D eigenvalue weighted by Crippen LogP contribution is -2.53. The zero-order valence-corrected chi connectivity index (χ0v) is 18.0. The number of hydrogen-bond donors (Lipinski definition) is 1. The molecule has 0 spiro atoms. The Bertz CT molecular complexity index is 788. The molecule has 1 fully saturated rings. The summed E-state index contributed by atoms with van der Waals surface area (Å²) < 4.78 is 18.8. The van der Waals surface area contributed by atoms with Crippen LogP contribution in [0, 0.1) is 5.82 Å². The third kappa shape index (κ3) is 4.82. The van der Waals surface area contributed by atoms with E-state index in [9.17, 15) is 14.0 Å². The summed E-state index contributed by atoms with van der Waals surface area (Å²) in [5.74, 6) is -0.820. The predicted molar refractivity (Wildman–Crippen MR) is 112 cm³/mol. The molecule has 2 amide bonds. The largest absolute Gasteiger partial charge is 0.463 e. The van der Waals surface area contributed by atoms with E-state index in [2.05, 4.69) is 22.0 Å². The molecule has 0 bridgehead atoms. The maximum absolute atomic E-state index is 13.5. The predicted octanol–water partition coefficient (Wildman–Crippen LogP) is 2.37. The van der Waals surface area contributed by atoms with Gasteiger partial charge < -0.3 is 15.0 Å². The van der Waals surface area contributed by atoms with Crippen molar-refractivity contribution in [1.29, 1.82) is 0 Å². The third-order valence-electron chi connectivity index (χ3n) is 5.74. The van der Waals surface area contributed by atoms with Crippen LogP contribution in [0.3, 0.4) is 0 Å². The summed E-state index contributed by atoms with van der Waals surface area (Å²) >= 11 is 0. The highest BCUT2D eigenvalue weighted by Crippen LogP contribution is 2.32. The number of likely N-dealkylation sites (N-methyl/N-ethyl adjacent to an activating group) is 2. The Balaban J connectivity index is 2.00. The van der Waals surface area contributed by atoms with Gasteiger partial charge in [-0.2, -0.15) is 0 Å². The Kier molecular flexibility index (Phi) is 7.44. The van der Waals surface area contributed by atoms with Gasteiger partial charge >= 0.3 is 12.0 Å². The van der Waals surface area contributed by atoms with E-state index in [1.54, 1.807) is 24.0 Å². The highest BCUT2D eigenvalue weighted by Gasteiger charge is 2.38. The quantitative estimate of drug-likeness (QED) is 0.689. The fourth-order valence-corrected chi connectivity index (χ4v) is 4.04. The molecule has 0 saturated carbocycles. The number of urea groups is 1. The van der Waals surface area contributed by atoms with Crippen LogP contribution in [-0.2, 0) is 9.53 Å². The second-order valence-corrected chi connectivity index (χ2v) is 7.47. The molecule has 2 aliphatic heterocycles. The molecule has 0 unspecified atom stereocenters. The van der Waals surface area contributed by atoms with Gasteiger partial charge in [0.05, 0.1) is 18.2 Å². The molecule has 30 heavy (non-hydrogen) atoms. The number of esters is 1. The molecule has 0 radical (unpaired) electrons. The number of carbonyl (C=O) groups is 2. The monoisotopic (exact) mass is 418 g/mol. The van der Waals surface area contributed by atoms with Crippen LogP contribution in [0.5, 0.6) is 0 Å². The lowest BCUT2D eigenvalue weighted by Gasteiger charge is -2.40. The van der Waals surface area contributed by atoms with Gasteiger partial charge in [-0.1, -0.05) is 19.1 Å². The van der Waals surface area contributed by atoms with Gasteiger partial charge in [-0.15, -0.1) is 0 Å². The van der Waals surface area contributed by atoms with Crippen LogP contribution in [0.25, 0.3) is 0 Å². The first kappa shape index (κ1) is 22.2. The average molecular weight is 419 g/mol. The minimum Gasteiger partial charge on any atom is -0.463 e. The number of rotatable bonds is 7. The van der Waals surface area contributed by atoms with Gasteiger partial charge in [0.1, 0.15) is 5.82 Å². The van der Waals surface area contributed by atoms with Crippen LogP contribution in [0.1, 0.15) is 32.4 Å². The Morgan fingerprint density at radius 3 is 2.27 bits per heavy atom. The van der Waals surface area contributed by atoms with Crippen LogP contribution in [0.4, 0.5) is 9.18 Å². The molecule has 2 aliphatic rings. The summed E-state index contributed by atoms with van der Waals surface area (Å²) in [7, 11) is 0. The first-order valence-electron chi connectivity index (χ1n) is 10.7. The molecule has 1 N–H and O–H groups in total. The van der Waals surface area contributed by atoms with E-state index in [0.29, 0.717) is 29.9 Å². The SMILES string of the molecule is CCOC(=O)C1=C(CN2CCN(CC)CC2)N(CC)C(=O)N[C@H]1c1ccc(F)cc1. The fraction of sp³-hybridized carbons (Fsp3) is 0.545. The van der Waals surface area contributed by atoms with Gasteiger partial charge in [-0.05, 0) is 38.1 Å². The number of nitrogens with one attached hydrogen (secondary N) is 1. The third-order valence-corrected chi connectivity index (χ3v) is 5.74. The van der Waals surface area contributed by atoms with E-state index in [4.69, 9.17) is 4.74 Å². The van der Waals surface area contributed by atoms with Crippen LogP contribution >= 0.6 is 0 Å². The lowest BCUT2D eigenvalue weighted by molar-refractivity contribution is -0.139. The zero-order chi connectivity index (χ0) is 21.7.